The highest BCUT2D eigenvalue weighted by Crippen LogP contribution is 2.29. The van der Waals surface area contributed by atoms with Gasteiger partial charge in [0.1, 0.15) is 23.3 Å². The highest BCUT2D eigenvalue weighted by molar-refractivity contribution is 5.94. The first-order valence-corrected chi connectivity index (χ1v) is 13.0. The number of pyridine rings is 1. The van der Waals surface area contributed by atoms with Crippen molar-refractivity contribution in [3.63, 3.8) is 0 Å². The standard InChI is InChI=1S/C30H33N3O6/c1-6-20-15-19-16-22(37-5)12-13-23(19)29(31-20)32-21-10-8-18(9-11-21)14-24(30(36)38-7-2)33-25-26(34)27(35)28(25)39-17(3)4/h8-13,15-17,24,33H,6-7,14H2,1-5H3,(H,31,32). The zero-order chi connectivity index (χ0) is 28.1. The summed E-state index contributed by atoms with van der Waals surface area (Å²) in [5.74, 6) is 0.951. The van der Waals surface area contributed by atoms with Crippen molar-refractivity contribution in [2.24, 2.45) is 0 Å². The molecule has 1 heterocycles. The lowest BCUT2D eigenvalue weighted by Crippen LogP contribution is -2.42. The third kappa shape index (κ3) is 6.19. The molecule has 204 valence electrons. The Hall–Kier alpha value is -4.40. The van der Waals surface area contributed by atoms with Gasteiger partial charge in [-0.3, -0.25) is 9.59 Å². The smallest absolute Gasteiger partial charge is 0.328 e. The van der Waals surface area contributed by atoms with Gasteiger partial charge in [0.05, 0.1) is 19.8 Å². The highest BCUT2D eigenvalue weighted by Gasteiger charge is 2.29. The summed E-state index contributed by atoms with van der Waals surface area (Å²) in [5, 5.41) is 8.29. The lowest BCUT2D eigenvalue weighted by atomic mass is 10.0. The first-order chi connectivity index (χ1) is 18.7. The fourth-order valence-corrected chi connectivity index (χ4v) is 4.25. The Morgan fingerprint density at radius 1 is 1.00 bits per heavy atom. The number of benzene rings is 2. The van der Waals surface area contributed by atoms with Crippen LogP contribution in [-0.4, -0.2) is 36.8 Å². The van der Waals surface area contributed by atoms with Crippen LogP contribution in [0.25, 0.3) is 10.8 Å². The van der Waals surface area contributed by atoms with Gasteiger partial charge in [0.2, 0.25) is 0 Å². The van der Waals surface area contributed by atoms with Gasteiger partial charge in [-0.05, 0) is 74.5 Å². The number of aryl methyl sites for hydroxylation is 1. The molecular weight excluding hydrogens is 498 g/mol. The van der Waals surface area contributed by atoms with Gasteiger partial charge in [0.15, 0.2) is 5.75 Å². The van der Waals surface area contributed by atoms with Crippen LogP contribution >= 0.6 is 0 Å². The van der Waals surface area contributed by atoms with E-state index in [-0.39, 0.29) is 30.6 Å². The van der Waals surface area contributed by atoms with Crippen molar-refractivity contribution < 1.29 is 19.0 Å². The minimum Gasteiger partial charge on any atom is -0.497 e. The summed E-state index contributed by atoms with van der Waals surface area (Å²) >= 11 is 0. The lowest BCUT2D eigenvalue weighted by Gasteiger charge is -2.22. The Balaban J connectivity index is 1.55. The molecule has 0 amide bonds. The van der Waals surface area contributed by atoms with Crippen LogP contribution in [0.2, 0.25) is 0 Å². The normalized spacial score (nSPS) is 11.9. The fourth-order valence-electron chi connectivity index (χ4n) is 4.25. The Labute approximate surface area is 226 Å². The van der Waals surface area contributed by atoms with E-state index in [0.29, 0.717) is 0 Å². The van der Waals surface area contributed by atoms with E-state index in [0.717, 1.165) is 45.7 Å². The van der Waals surface area contributed by atoms with Crippen LogP contribution in [-0.2, 0) is 22.4 Å². The number of nitrogens with zero attached hydrogens (tertiary/aromatic N) is 1. The molecule has 0 fully saturated rings. The van der Waals surface area contributed by atoms with Crippen LogP contribution in [0.15, 0.2) is 58.1 Å². The quantitative estimate of drug-likeness (QED) is 0.201. The second kappa shape index (κ2) is 12.0. The third-order valence-corrected chi connectivity index (χ3v) is 6.22. The molecule has 39 heavy (non-hydrogen) atoms. The molecule has 1 unspecified atom stereocenters. The summed E-state index contributed by atoms with van der Waals surface area (Å²) in [4.78, 5) is 41.6. The molecule has 4 rings (SSSR count). The number of esters is 1. The van der Waals surface area contributed by atoms with Gasteiger partial charge in [-0.2, -0.15) is 0 Å². The summed E-state index contributed by atoms with van der Waals surface area (Å²) in [6.07, 6.45) is 0.740. The molecule has 9 heteroatoms. The minimum atomic E-state index is -0.872. The average molecular weight is 532 g/mol. The number of nitrogens with one attached hydrogen (secondary N) is 2. The van der Waals surface area contributed by atoms with Crippen molar-refractivity contribution in [3.05, 3.63) is 80.2 Å². The van der Waals surface area contributed by atoms with Gasteiger partial charge < -0.3 is 24.8 Å². The van der Waals surface area contributed by atoms with Crippen molar-refractivity contribution >= 4 is 33.9 Å². The van der Waals surface area contributed by atoms with Gasteiger partial charge >= 0.3 is 5.97 Å². The van der Waals surface area contributed by atoms with Crippen molar-refractivity contribution in [2.75, 3.05) is 24.4 Å². The number of hydrogen-bond donors (Lipinski definition) is 2. The van der Waals surface area contributed by atoms with E-state index in [1.807, 2.05) is 42.5 Å². The second-order valence-electron chi connectivity index (χ2n) is 9.41. The minimum absolute atomic E-state index is 0.00966. The Bertz CT molecular complexity index is 1530. The van der Waals surface area contributed by atoms with Crippen molar-refractivity contribution in [2.45, 2.75) is 52.7 Å². The van der Waals surface area contributed by atoms with E-state index in [1.54, 1.807) is 27.9 Å². The monoisotopic (exact) mass is 531 g/mol. The average Bonchev–Trinajstić information content (AvgIpc) is 2.94. The maximum absolute atomic E-state index is 12.7. The Morgan fingerprint density at radius 3 is 2.38 bits per heavy atom. The van der Waals surface area contributed by atoms with Gasteiger partial charge in [0.25, 0.3) is 10.9 Å². The molecule has 1 aromatic heterocycles. The number of aromatic nitrogens is 1. The van der Waals surface area contributed by atoms with Crippen LogP contribution in [0.1, 0.15) is 39.0 Å². The zero-order valence-electron chi connectivity index (χ0n) is 22.8. The molecule has 0 aliphatic carbocycles. The summed E-state index contributed by atoms with van der Waals surface area (Å²) in [6.45, 7) is 7.47. The number of rotatable bonds is 12. The van der Waals surface area contributed by atoms with Gasteiger partial charge in [-0.15, -0.1) is 0 Å². The van der Waals surface area contributed by atoms with Crippen LogP contribution in [0, 0.1) is 0 Å². The number of anilines is 3. The molecule has 3 aromatic carbocycles. The SMILES string of the molecule is CCOC(=O)C(Cc1ccc(Nc2nc(CC)cc3cc(OC)ccc23)cc1)Nc1c(OC(C)C)c(=O)c1=O. The predicted octanol–water partition coefficient (Wildman–Crippen LogP) is 4.52. The predicted molar refractivity (Wildman–Crippen MR) is 152 cm³/mol. The summed E-state index contributed by atoms with van der Waals surface area (Å²) in [7, 11) is 1.64. The molecule has 0 spiro atoms. The van der Waals surface area contributed by atoms with E-state index >= 15 is 0 Å². The van der Waals surface area contributed by atoms with Crippen LogP contribution in [0.5, 0.6) is 11.5 Å². The van der Waals surface area contributed by atoms with E-state index < -0.39 is 22.9 Å². The summed E-state index contributed by atoms with van der Waals surface area (Å²) in [6, 6.07) is 14.6. The number of ether oxygens (including phenoxy) is 3. The van der Waals surface area contributed by atoms with Crippen molar-refractivity contribution in [1.82, 2.24) is 4.98 Å². The van der Waals surface area contributed by atoms with E-state index in [4.69, 9.17) is 19.2 Å². The number of fused-ring (bicyclic) bond motifs is 1. The molecule has 0 radical (unpaired) electrons. The Morgan fingerprint density at radius 2 is 1.74 bits per heavy atom. The largest absolute Gasteiger partial charge is 0.497 e. The molecule has 1 atom stereocenters. The van der Waals surface area contributed by atoms with E-state index in [1.165, 1.54) is 0 Å². The second-order valence-corrected chi connectivity index (χ2v) is 9.41. The van der Waals surface area contributed by atoms with E-state index in [2.05, 4.69) is 23.6 Å². The van der Waals surface area contributed by atoms with Gasteiger partial charge in [-0.1, -0.05) is 19.1 Å². The maximum Gasteiger partial charge on any atom is 0.328 e. The fraction of sp³-hybridized carbons (Fsp3) is 0.333. The van der Waals surface area contributed by atoms with Crippen molar-refractivity contribution in [3.8, 4) is 11.5 Å². The van der Waals surface area contributed by atoms with E-state index in [9.17, 15) is 14.4 Å². The van der Waals surface area contributed by atoms with Crippen LogP contribution < -0.4 is 31.0 Å². The molecule has 0 aliphatic rings. The molecular formula is C30H33N3O6. The first-order valence-electron chi connectivity index (χ1n) is 13.0. The zero-order valence-corrected chi connectivity index (χ0v) is 22.8. The third-order valence-electron chi connectivity index (χ3n) is 6.22. The first kappa shape index (κ1) is 27.6. The summed E-state index contributed by atoms with van der Waals surface area (Å²) in [5.41, 5.74) is 1.23. The molecule has 4 aromatic rings. The molecule has 0 saturated carbocycles. The van der Waals surface area contributed by atoms with Crippen molar-refractivity contribution in [1.29, 1.82) is 0 Å². The topological polar surface area (TPSA) is 116 Å². The van der Waals surface area contributed by atoms with Crippen LogP contribution in [0.3, 0.4) is 0 Å². The van der Waals surface area contributed by atoms with Gasteiger partial charge in [0, 0.05) is 23.2 Å². The van der Waals surface area contributed by atoms with Gasteiger partial charge in [-0.25, -0.2) is 9.78 Å². The molecule has 0 saturated heterocycles. The maximum atomic E-state index is 12.7. The molecule has 0 aliphatic heterocycles. The summed E-state index contributed by atoms with van der Waals surface area (Å²) < 4.78 is 16.1. The van der Waals surface area contributed by atoms with Crippen LogP contribution in [0.4, 0.5) is 17.2 Å². The number of carbonyl (C=O) groups is 1. The molecule has 2 N–H and O–H groups in total. The lowest BCUT2D eigenvalue weighted by molar-refractivity contribution is -0.144. The number of carbonyl (C=O) groups excluding carboxylic acids is 1. The molecule has 9 nitrogen and oxygen atoms in total. The highest BCUT2D eigenvalue weighted by atomic mass is 16.5. The molecule has 0 bridgehead atoms. The number of methoxy groups -OCH3 is 1. The number of hydrogen-bond acceptors (Lipinski definition) is 9. The Kier molecular flexibility index (Phi) is 8.49.